The molecule has 0 rings (SSSR count). The Morgan fingerprint density at radius 3 is 2.47 bits per heavy atom. The molecule has 4 heteroatoms. The van der Waals surface area contributed by atoms with E-state index in [4.69, 9.17) is 15.2 Å². The molecule has 15 heavy (non-hydrogen) atoms. The number of carbonyl (C=O) groups is 1. The van der Waals surface area contributed by atoms with Crippen LogP contribution in [0.25, 0.3) is 0 Å². The van der Waals surface area contributed by atoms with Crippen molar-refractivity contribution in [3.63, 3.8) is 0 Å². The Kier molecular flexibility index (Phi) is 8.33. The van der Waals surface area contributed by atoms with Crippen LogP contribution in [0.15, 0.2) is 0 Å². The average Bonchev–Trinajstić information content (AvgIpc) is 2.16. The lowest BCUT2D eigenvalue weighted by Gasteiger charge is -2.11. The highest BCUT2D eigenvalue weighted by Crippen LogP contribution is 2.02. The molecule has 0 heterocycles. The Morgan fingerprint density at radius 1 is 1.27 bits per heavy atom. The molecule has 0 aromatic carbocycles. The number of hydrogen-bond donors (Lipinski definition) is 1. The Morgan fingerprint density at radius 2 is 1.93 bits per heavy atom. The lowest BCUT2D eigenvalue weighted by Crippen LogP contribution is -2.20. The number of hydrogen-bond acceptors (Lipinski definition) is 4. The summed E-state index contributed by atoms with van der Waals surface area (Å²) in [5.41, 5.74) is 5.34. The van der Waals surface area contributed by atoms with Crippen molar-refractivity contribution in [2.75, 3.05) is 26.4 Å². The van der Waals surface area contributed by atoms with Crippen molar-refractivity contribution in [2.45, 2.75) is 27.2 Å². The quantitative estimate of drug-likeness (QED) is 0.490. The monoisotopic (exact) mass is 217 g/mol. The first kappa shape index (κ1) is 14.4. The van der Waals surface area contributed by atoms with Crippen LogP contribution < -0.4 is 5.73 Å². The summed E-state index contributed by atoms with van der Waals surface area (Å²) < 4.78 is 10.3. The number of carbonyl (C=O) groups excluding carboxylic acids is 1. The Balaban J connectivity index is 3.38. The van der Waals surface area contributed by atoms with Crippen LogP contribution in [0.1, 0.15) is 27.2 Å². The molecule has 0 bridgehead atoms. The first-order valence-corrected chi connectivity index (χ1v) is 5.52. The van der Waals surface area contributed by atoms with Gasteiger partial charge in [-0.05, 0) is 18.9 Å². The van der Waals surface area contributed by atoms with Gasteiger partial charge in [-0.2, -0.15) is 0 Å². The molecule has 0 aliphatic carbocycles. The molecule has 4 nitrogen and oxygen atoms in total. The predicted octanol–water partition coefficient (Wildman–Crippen LogP) is 1.19. The van der Waals surface area contributed by atoms with Gasteiger partial charge in [0.15, 0.2) is 0 Å². The topological polar surface area (TPSA) is 61.5 Å². The lowest BCUT2D eigenvalue weighted by atomic mass is 10.1. The van der Waals surface area contributed by atoms with Gasteiger partial charge in [0.05, 0.1) is 12.5 Å². The van der Waals surface area contributed by atoms with E-state index in [2.05, 4.69) is 13.8 Å². The van der Waals surface area contributed by atoms with E-state index < -0.39 is 0 Å². The van der Waals surface area contributed by atoms with E-state index in [-0.39, 0.29) is 11.9 Å². The van der Waals surface area contributed by atoms with E-state index in [9.17, 15) is 4.79 Å². The van der Waals surface area contributed by atoms with Crippen molar-refractivity contribution in [3.8, 4) is 0 Å². The van der Waals surface area contributed by atoms with E-state index in [0.717, 1.165) is 0 Å². The average molecular weight is 217 g/mol. The molecule has 0 fully saturated rings. The molecular weight excluding hydrogens is 194 g/mol. The standard InChI is InChI=1S/C11H23NO3/c1-9(2)8-14-6-7-15-11(13)10(3)4-5-12/h9-10H,4-8,12H2,1-3H3. The fourth-order valence-electron chi connectivity index (χ4n) is 1.03. The molecule has 0 aliphatic heterocycles. The van der Waals surface area contributed by atoms with Gasteiger partial charge in [0.1, 0.15) is 6.61 Å². The van der Waals surface area contributed by atoms with Crippen molar-refractivity contribution in [1.82, 2.24) is 0 Å². The molecule has 0 radical (unpaired) electrons. The second-order valence-electron chi connectivity index (χ2n) is 4.11. The largest absolute Gasteiger partial charge is 0.463 e. The molecule has 90 valence electrons. The van der Waals surface area contributed by atoms with Crippen molar-refractivity contribution < 1.29 is 14.3 Å². The zero-order valence-corrected chi connectivity index (χ0v) is 9.99. The molecule has 1 atom stereocenters. The van der Waals surface area contributed by atoms with Crippen LogP contribution in [-0.4, -0.2) is 32.3 Å². The molecule has 0 saturated carbocycles. The van der Waals surface area contributed by atoms with Gasteiger partial charge in [-0.3, -0.25) is 4.79 Å². The van der Waals surface area contributed by atoms with E-state index in [1.807, 2.05) is 6.92 Å². The van der Waals surface area contributed by atoms with Gasteiger partial charge in [0.2, 0.25) is 0 Å². The number of rotatable bonds is 8. The first-order valence-electron chi connectivity index (χ1n) is 5.52. The third kappa shape index (κ3) is 8.39. The summed E-state index contributed by atoms with van der Waals surface area (Å²) in [6, 6.07) is 0. The maximum Gasteiger partial charge on any atom is 0.308 e. The molecule has 2 N–H and O–H groups in total. The normalized spacial score (nSPS) is 12.9. The zero-order chi connectivity index (χ0) is 11.7. The smallest absolute Gasteiger partial charge is 0.308 e. The molecule has 1 unspecified atom stereocenters. The van der Waals surface area contributed by atoms with Gasteiger partial charge in [0.25, 0.3) is 0 Å². The minimum absolute atomic E-state index is 0.111. The second-order valence-corrected chi connectivity index (χ2v) is 4.11. The fourth-order valence-corrected chi connectivity index (χ4v) is 1.03. The number of nitrogens with two attached hydrogens (primary N) is 1. The van der Waals surface area contributed by atoms with E-state index in [1.54, 1.807) is 0 Å². The van der Waals surface area contributed by atoms with E-state index >= 15 is 0 Å². The lowest BCUT2D eigenvalue weighted by molar-refractivity contribution is -0.149. The highest BCUT2D eigenvalue weighted by molar-refractivity contribution is 5.71. The van der Waals surface area contributed by atoms with Gasteiger partial charge >= 0.3 is 5.97 Å². The molecule has 0 aromatic heterocycles. The predicted molar refractivity (Wildman–Crippen MR) is 59.5 cm³/mol. The van der Waals surface area contributed by atoms with Crippen LogP contribution in [0.5, 0.6) is 0 Å². The Hall–Kier alpha value is -0.610. The van der Waals surface area contributed by atoms with Crippen molar-refractivity contribution in [2.24, 2.45) is 17.6 Å². The van der Waals surface area contributed by atoms with E-state index in [1.165, 1.54) is 0 Å². The van der Waals surface area contributed by atoms with Gasteiger partial charge in [-0.1, -0.05) is 20.8 Å². The Labute approximate surface area is 92.1 Å². The summed E-state index contributed by atoms with van der Waals surface area (Å²) in [5, 5.41) is 0. The van der Waals surface area contributed by atoms with E-state index in [0.29, 0.717) is 38.7 Å². The molecule has 0 saturated heterocycles. The van der Waals surface area contributed by atoms with Crippen molar-refractivity contribution >= 4 is 5.97 Å². The summed E-state index contributed by atoms with van der Waals surface area (Å²) in [4.78, 5) is 11.3. The van der Waals surface area contributed by atoms with Gasteiger partial charge in [0, 0.05) is 6.61 Å². The molecular formula is C11H23NO3. The molecule has 0 amide bonds. The summed E-state index contributed by atoms with van der Waals surface area (Å²) in [7, 11) is 0. The van der Waals surface area contributed by atoms with Crippen LogP contribution in [0, 0.1) is 11.8 Å². The Bertz CT molecular complexity index is 171. The number of ether oxygens (including phenoxy) is 2. The van der Waals surface area contributed by atoms with Crippen molar-refractivity contribution in [1.29, 1.82) is 0 Å². The maximum atomic E-state index is 11.3. The molecule has 0 spiro atoms. The highest BCUT2D eigenvalue weighted by Gasteiger charge is 2.12. The van der Waals surface area contributed by atoms with Gasteiger partial charge < -0.3 is 15.2 Å². The van der Waals surface area contributed by atoms with Crippen LogP contribution in [-0.2, 0) is 14.3 Å². The second kappa shape index (κ2) is 8.68. The summed E-state index contributed by atoms with van der Waals surface area (Å²) >= 11 is 0. The third-order valence-corrected chi connectivity index (χ3v) is 1.93. The summed E-state index contributed by atoms with van der Waals surface area (Å²) in [5.74, 6) is 0.213. The molecule has 0 aliphatic rings. The van der Waals surface area contributed by atoms with Gasteiger partial charge in [-0.15, -0.1) is 0 Å². The number of esters is 1. The minimum Gasteiger partial charge on any atom is -0.463 e. The van der Waals surface area contributed by atoms with Crippen LogP contribution in [0.4, 0.5) is 0 Å². The van der Waals surface area contributed by atoms with Gasteiger partial charge in [-0.25, -0.2) is 0 Å². The minimum atomic E-state index is -0.186. The first-order chi connectivity index (χ1) is 7.07. The third-order valence-electron chi connectivity index (χ3n) is 1.93. The maximum absolute atomic E-state index is 11.3. The summed E-state index contributed by atoms with van der Waals surface area (Å²) in [6.07, 6.45) is 0.672. The summed E-state index contributed by atoms with van der Waals surface area (Å²) in [6.45, 7) is 8.00. The highest BCUT2D eigenvalue weighted by atomic mass is 16.6. The zero-order valence-electron chi connectivity index (χ0n) is 9.99. The van der Waals surface area contributed by atoms with Crippen LogP contribution in [0.2, 0.25) is 0 Å². The SMILES string of the molecule is CC(C)COCCOC(=O)C(C)CCN. The van der Waals surface area contributed by atoms with Crippen molar-refractivity contribution in [3.05, 3.63) is 0 Å². The molecule has 0 aromatic rings. The van der Waals surface area contributed by atoms with Crippen LogP contribution in [0.3, 0.4) is 0 Å². The van der Waals surface area contributed by atoms with Crippen LogP contribution >= 0.6 is 0 Å². The fraction of sp³-hybridized carbons (Fsp3) is 0.909.